The van der Waals surface area contributed by atoms with E-state index in [9.17, 15) is 31.2 Å². The Kier molecular flexibility index (Phi) is 7.24. The minimum Gasteiger partial charge on any atom is -0.303 e. The quantitative estimate of drug-likeness (QED) is 0.387. The number of hydrogen-bond acceptors (Lipinski definition) is 5. The molecule has 2 fully saturated rings. The second-order valence-corrected chi connectivity index (χ2v) is 11.4. The molecular weight excluding hydrogens is 541 g/mol. The van der Waals surface area contributed by atoms with Gasteiger partial charge in [-0.25, -0.2) is 13.3 Å². The zero-order chi connectivity index (χ0) is 27.9. The molecule has 1 heterocycles. The molecule has 0 atom stereocenters. The summed E-state index contributed by atoms with van der Waals surface area (Å²) < 4.78 is 64.9. The highest BCUT2D eigenvalue weighted by atomic mass is 32.2. The number of rotatable bonds is 7. The molecule has 2 aliphatic rings. The van der Waals surface area contributed by atoms with E-state index in [-0.39, 0.29) is 17.2 Å². The minimum absolute atomic E-state index is 0.0316. The zero-order valence-electron chi connectivity index (χ0n) is 20.2. The van der Waals surface area contributed by atoms with Crippen LogP contribution in [0, 0.1) is 6.57 Å². The Balaban J connectivity index is 1.56. The fourth-order valence-electron chi connectivity index (χ4n) is 4.72. The molecule has 38 heavy (non-hydrogen) atoms. The second-order valence-electron chi connectivity index (χ2n) is 9.27. The van der Waals surface area contributed by atoms with E-state index in [2.05, 4.69) is 4.85 Å². The van der Waals surface area contributed by atoms with Gasteiger partial charge in [0.2, 0.25) is 15.9 Å². The fourth-order valence-corrected chi connectivity index (χ4v) is 5.70. The van der Waals surface area contributed by atoms with Gasteiger partial charge in [0.1, 0.15) is 5.54 Å². The van der Waals surface area contributed by atoms with E-state index in [0.29, 0.717) is 31.4 Å². The molecule has 2 aromatic carbocycles. The number of alkyl halides is 3. The number of carbonyl (C=O) groups excluding carboxylic acids is 2. The predicted molar refractivity (Wildman–Crippen MR) is 139 cm³/mol. The highest BCUT2D eigenvalue weighted by Gasteiger charge is 2.59. The van der Waals surface area contributed by atoms with Crippen LogP contribution in [0.4, 0.5) is 30.2 Å². The van der Waals surface area contributed by atoms with Crippen LogP contribution in [0.3, 0.4) is 0 Å². The summed E-state index contributed by atoms with van der Waals surface area (Å²) in [6.07, 6.45) is -1.16. The Labute approximate surface area is 223 Å². The van der Waals surface area contributed by atoms with E-state index < -0.39 is 44.8 Å². The first kappa shape index (κ1) is 27.5. The van der Waals surface area contributed by atoms with Crippen molar-refractivity contribution in [3.05, 3.63) is 65.0 Å². The molecule has 4 rings (SSSR count). The number of nitrogens with zero attached hydrogens (tertiary/aromatic N) is 3. The summed E-state index contributed by atoms with van der Waals surface area (Å²) in [5, 5.41) is 0.0589. The number of carbonyl (C=O) groups is 2. The number of hydrogen-bond donors (Lipinski definition) is 1. The summed E-state index contributed by atoms with van der Waals surface area (Å²) in [5.41, 5.74) is -1.23. The third kappa shape index (κ3) is 5.23. The summed E-state index contributed by atoms with van der Waals surface area (Å²) in [4.78, 5) is 31.0. The number of benzene rings is 2. The van der Waals surface area contributed by atoms with E-state index in [1.54, 1.807) is 29.2 Å². The van der Waals surface area contributed by atoms with Crippen LogP contribution >= 0.6 is 12.2 Å². The summed E-state index contributed by atoms with van der Waals surface area (Å²) in [6, 6.07) is 10.3. The Hall–Kier alpha value is -3.50. The zero-order valence-corrected chi connectivity index (χ0v) is 21.8. The highest BCUT2D eigenvalue weighted by Crippen LogP contribution is 2.48. The van der Waals surface area contributed by atoms with Gasteiger partial charge < -0.3 is 4.90 Å². The Morgan fingerprint density at radius 3 is 2.32 bits per heavy atom. The maximum atomic E-state index is 13.6. The molecule has 200 valence electrons. The lowest BCUT2D eigenvalue weighted by atomic mass is 9.75. The summed E-state index contributed by atoms with van der Waals surface area (Å²) >= 11 is 5.62. The van der Waals surface area contributed by atoms with Gasteiger partial charge in [-0.2, -0.15) is 13.2 Å². The molecule has 2 amide bonds. The van der Waals surface area contributed by atoms with Gasteiger partial charge >= 0.3 is 6.18 Å². The molecule has 0 radical (unpaired) electrons. The van der Waals surface area contributed by atoms with Gasteiger partial charge in [-0.3, -0.25) is 19.2 Å². The SMILES string of the molecule is [C-]#[N+]c1ccc(N2C(=O)C3(CCC3)N(c3ccc(CCCC(=O)NS(C)(=O)=O)cc3)C2=S)cc1C(F)(F)F. The van der Waals surface area contributed by atoms with Gasteiger partial charge in [0, 0.05) is 17.8 Å². The van der Waals surface area contributed by atoms with Crippen molar-refractivity contribution >= 4 is 56.2 Å². The van der Waals surface area contributed by atoms with E-state index >= 15 is 0 Å². The Bertz CT molecular complexity index is 1450. The fraction of sp³-hybridized carbons (Fsp3) is 0.360. The average Bonchev–Trinajstić information content (AvgIpc) is 3.04. The van der Waals surface area contributed by atoms with Crippen molar-refractivity contribution in [3.8, 4) is 0 Å². The van der Waals surface area contributed by atoms with E-state index in [1.807, 2.05) is 4.72 Å². The van der Waals surface area contributed by atoms with Gasteiger partial charge in [-0.05, 0) is 74.2 Å². The molecule has 1 saturated carbocycles. The molecule has 0 aromatic heterocycles. The molecule has 1 N–H and O–H groups in total. The lowest BCUT2D eigenvalue weighted by Crippen LogP contribution is -2.55. The van der Waals surface area contributed by atoms with Crippen LogP contribution in [0.1, 0.15) is 43.2 Å². The van der Waals surface area contributed by atoms with Crippen molar-refractivity contribution in [1.29, 1.82) is 0 Å². The highest BCUT2D eigenvalue weighted by molar-refractivity contribution is 7.89. The van der Waals surface area contributed by atoms with Gasteiger partial charge in [0.05, 0.1) is 18.4 Å². The van der Waals surface area contributed by atoms with Crippen molar-refractivity contribution in [2.45, 2.75) is 50.2 Å². The molecule has 13 heteroatoms. The predicted octanol–water partition coefficient (Wildman–Crippen LogP) is 4.72. The van der Waals surface area contributed by atoms with Crippen LogP contribution in [-0.4, -0.2) is 37.1 Å². The second kappa shape index (κ2) is 9.99. The first-order valence-electron chi connectivity index (χ1n) is 11.6. The smallest absolute Gasteiger partial charge is 0.303 e. The standard InChI is InChI=1S/C25H23F3N4O4S2/c1-29-20-12-11-18(15-19(20)25(26,27)28)31-22(34)24(13-4-14-24)32(23(31)37)17-9-7-16(8-10-17)5-3-6-21(33)30-38(2,35)36/h7-12,15H,3-6,13-14H2,2H3,(H,30,33). The number of amides is 2. The normalized spacial score (nSPS) is 16.9. The Morgan fingerprint density at radius 2 is 1.79 bits per heavy atom. The van der Waals surface area contributed by atoms with E-state index in [1.165, 1.54) is 6.07 Å². The van der Waals surface area contributed by atoms with Gasteiger partial charge in [-0.1, -0.05) is 18.2 Å². The first-order chi connectivity index (χ1) is 17.8. The molecule has 1 aliphatic heterocycles. The van der Waals surface area contributed by atoms with Crippen molar-refractivity contribution in [1.82, 2.24) is 4.72 Å². The number of thiocarbonyl (C=S) groups is 1. The van der Waals surface area contributed by atoms with Crippen LogP contribution < -0.4 is 14.5 Å². The maximum Gasteiger partial charge on any atom is 0.407 e. The van der Waals surface area contributed by atoms with Gasteiger partial charge in [-0.15, -0.1) is 0 Å². The molecule has 8 nitrogen and oxygen atoms in total. The van der Waals surface area contributed by atoms with Crippen LogP contribution in [0.25, 0.3) is 4.85 Å². The van der Waals surface area contributed by atoms with Crippen LogP contribution in [0.2, 0.25) is 0 Å². The lowest BCUT2D eigenvalue weighted by Gasteiger charge is -2.43. The number of anilines is 2. The summed E-state index contributed by atoms with van der Waals surface area (Å²) in [6.45, 7) is 7.05. The van der Waals surface area contributed by atoms with Crippen molar-refractivity contribution in [3.63, 3.8) is 0 Å². The van der Waals surface area contributed by atoms with Gasteiger partial charge in [0.25, 0.3) is 5.91 Å². The molecule has 1 spiro atoms. The van der Waals surface area contributed by atoms with Crippen LogP contribution in [0.5, 0.6) is 0 Å². The van der Waals surface area contributed by atoms with Crippen molar-refractivity contribution in [2.75, 3.05) is 16.1 Å². The van der Waals surface area contributed by atoms with E-state index in [0.717, 1.165) is 35.3 Å². The monoisotopic (exact) mass is 564 g/mol. The lowest BCUT2D eigenvalue weighted by molar-refractivity contribution is -0.137. The van der Waals surface area contributed by atoms with Gasteiger partial charge in [0.15, 0.2) is 10.8 Å². The molecule has 1 saturated heterocycles. The van der Waals surface area contributed by atoms with Crippen molar-refractivity contribution < 1.29 is 31.2 Å². The molecule has 1 aliphatic carbocycles. The topological polar surface area (TPSA) is 91.2 Å². The third-order valence-corrected chi connectivity index (χ3v) is 7.58. The van der Waals surface area contributed by atoms with E-state index in [4.69, 9.17) is 18.8 Å². The first-order valence-corrected chi connectivity index (χ1v) is 13.9. The average molecular weight is 565 g/mol. The van der Waals surface area contributed by atoms with Crippen molar-refractivity contribution in [2.24, 2.45) is 0 Å². The number of halogens is 3. The summed E-state index contributed by atoms with van der Waals surface area (Å²) in [7, 11) is -3.61. The maximum absolute atomic E-state index is 13.6. The van der Waals surface area contributed by atoms with Crippen LogP contribution in [0.15, 0.2) is 42.5 Å². The molecule has 0 bridgehead atoms. The molecule has 2 aromatic rings. The molecular formula is C25H23F3N4O4S2. The Morgan fingerprint density at radius 1 is 1.16 bits per heavy atom. The number of sulfonamides is 1. The third-order valence-electron chi connectivity index (χ3n) is 6.62. The number of aryl methyl sites for hydroxylation is 1. The summed E-state index contributed by atoms with van der Waals surface area (Å²) in [5.74, 6) is -0.992. The minimum atomic E-state index is -4.77. The van der Waals surface area contributed by atoms with Crippen LogP contribution in [-0.2, 0) is 32.2 Å². The number of nitrogens with one attached hydrogen (secondary N) is 1. The molecule has 0 unspecified atom stereocenters. The largest absolute Gasteiger partial charge is 0.407 e.